The third kappa shape index (κ3) is 3.48. The number of aromatic amines is 1. The molecule has 0 bridgehead atoms. The highest BCUT2D eigenvalue weighted by molar-refractivity contribution is 5.77. The van der Waals surface area contributed by atoms with Gasteiger partial charge in [-0.05, 0) is 19.3 Å². The van der Waals surface area contributed by atoms with Crippen LogP contribution in [-0.2, 0) is 16.0 Å². The normalized spacial score (nSPS) is 25.0. The van der Waals surface area contributed by atoms with E-state index < -0.39 is 0 Å². The maximum absolute atomic E-state index is 12.2. The van der Waals surface area contributed by atoms with E-state index in [0.717, 1.165) is 44.5 Å². The molecule has 23 heavy (non-hydrogen) atoms. The molecule has 3 heterocycles. The molecule has 2 aliphatic rings. The third-order valence-electron chi connectivity index (χ3n) is 5.05. The quantitative estimate of drug-likeness (QED) is 0.913. The topological polar surface area (TPSA) is 78.5 Å². The van der Waals surface area contributed by atoms with Crippen LogP contribution in [0.15, 0.2) is 12.5 Å². The van der Waals surface area contributed by atoms with E-state index in [2.05, 4.69) is 9.97 Å². The number of likely N-dealkylation sites (tertiary alicyclic amines) is 2. The molecule has 3 rings (SSSR count). The van der Waals surface area contributed by atoms with Crippen LogP contribution in [-0.4, -0.2) is 65.1 Å². The summed E-state index contributed by atoms with van der Waals surface area (Å²) in [5.41, 5.74) is 1.06. The molecule has 0 radical (unpaired) electrons. The van der Waals surface area contributed by atoms with Crippen molar-refractivity contribution in [3.63, 3.8) is 0 Å². The number of carbonyl (C=O) groups excluding carboxylic acids is 2. The van der Waals surface area contributed by atoms with E-state index in [1.165, 1.54) is 7.11 Å². The first-order chi connectivity index (χ1) is 11.1. The van der Waals surface area contributed by atoms with Gasteiger partial charge in [-0.2, -0.15) is 0 Å². The van der Waals surface area contributed by atoms with Gasteiger partial charge in [0.25, 0.3) is 0 Å². The average molecular weight is 320 g/mol. The number of nitrogens with zero attached hydrogens (tertiary/aromatic N) is 3. The van der Waals surface area contributed by atoms with E-state index in [1.54, 1.807) is 17.4 Å². The average Bonchev–Trinajstić information content (AvgIpc) is 3.09. The van der Waals surface area contributed by atoms with E-state index in [0.29, 0.717) is 19.5 Å². The number of piperidine rings is 2. The van der Waals surface area contributed by atoms with Crippen LogP contribution in [0.1, 0.15) is 31.4 Å². The van der Waals surface area contributed by atoms with Crippen molar-refractivity contribution >= 4 is 12.0 Å². The lowest BCUT2D eigenvalue weighted by molar-refractivity contribution is -0.139. The van der Waals surface area contributed by atoms with E-state index >= 15 is 0 Å². The summed E-state index contributed by atoms with van der Waals surface area (Å²) in [5.74, 6) is 0.213. The predicted octanol–water partition coefficient (Wildman–Crippen LogP) is 1.42. The standard InChI is InChI=1S/C16H24N4O3/c1-23-15(22)20-7-2-5-16(11-20)6-3-14(21)19(10-16)8-4-13-9-17-12-18-13/h9,12H,2-8,10-11H2,1H3,(H,17,18)/t16-/m0/s1. The summed E-state index contributed by atoms with van der Waals surface area (Å²) in [7, 11) is 1.42. The third-order valence-corrected chi connectivity index (χ3v) is 5.05. The molecule has 1 aromatic heterocycles. The summed E-state index contributed by atoms with van der Waals surface area (Å²) < 4.78 is 4.86. The monoisotopic (exact) mass is 320 g/mol. The number of imidazole rings is 1. The molecule has 1 aromatic rings. The van der Waals surface area contributed by atoms with Gasteiger partial charge in [-0.1, -0.05) is 0 Å². The van der Waals surface area contributed by atoms with Gasteiger partial charge < -0.3 is 19.5 Å². The second kappa shape index (κ2) is 6.60. The van der Waals surface area contributed by atoms with E-state index in [9.17, 15) is 9.59 Å². The van der Waals surface area contributed by atoms with Gasteiger partial charge in [-0.25, -0.2) is 9.78 Å². The van der Waals surface area contributed by atoms with Crippen molar-refractivity contribution in [3.8, 4) is 0 Å². The fraction of sp³-hybridized carbons (Fsp3) is 0.688. The van der Waals surface area contributed by atoms with Gasteiger partial charge in [-0.3, -0.25) is 4.79 Å². The summed E-state index contributed by atoms with van der Waals surface area (Å²) in [6, 6.07) is 0. The van der Waals surface area contributed by atoms with Crippen LogP contribution >= 0.6 is 0 Å². The Morgan fingerprint density at radius 2 is 2.30 bits per heavy atom. The highest BCUT2D eigenvalue weighted by atomic mass is 16.5. The van der Waals surface area contributed by atoms with Crippen molar-refractivity contribution in [3.05, 3.63) is 18.2 Å². The van der Waals surface area contributed by atoms with Gasteiger partial charge in [-0.15, -0.1) is 0 Å². The van der Waals surface area contributed by atoms with Gasteiger partial charge in [0.05, 0.1) is 13.4 Å². The number of H-pyrrole nitrogens is 1. The van der Waals surface area contributed by atoms with Crippen molar-refractivity contribution in [2.24, 2.45) is 5.41 Å². The number of ether oxygens (including phenoxy) is 1. The molecule has 2 fully saturated rings. The lowest BCUT2D eigenvalue weighted by Crippen LogP contribution is -2.55. The van der Waals surface area contributed by atoms with Crippen LogP contribution in [0.25, 0.3) is 0 Å². The minimum atomic E-state index is -0.259. The highest BCUT2D eigenvalue weighted by Gasteiger charge is 2.42. The maximum atomic E-state index is 12.2. The van der Waals surface area contributed by atoms with Crippen LogP contribution in [0.4, 0.5) is 4.79 Å². The Morgan fingerprint density at radius 1 is 1.43 bits per heavy atom. The van der Waals surface area contributed by atoms with Crippen LogP contribution in [0.2, 0.25) is 0 Å². The zero-order valence-electron chi connectivity index (χ0n) is 13.6. The SMILES string of the molecule is COC(=O)N1CCC[C@@]2(CCC(=O)N(CCc3cnc[nH]3)C2)C1. The molecule has 7 heteroatoms. The minimum absolute atomic E-state index is 0.0222. The molecule has 2 amide bonds. The Balaban J connectivity index is 1.64. The van der Waals surface area contributed by atoms with E-state index in [1.807, 2.05) is 4.90 Å². The number of amides is 2. The largest absolute Gasteiger partial charge is 0.453 e. The number of nitrogens with one attached hydrogen (secondary N) is 1. The number of aromatic nitrogens is 2. The molecular formula is C16H24N4O3. The second-order valence-corrected chi connectivity index (χ2v) is 6.64. The Labute approximate surface area is 136 Å². The Morgan fingerprint density at radius 3 is 3.04 bits per heavy atom. The highest BCUT2D eigenvalue weighted by Crippen LogP contribution is 2.39. The smallest absolute Gasteiger partial charge is 0.409 e. The molecule has 0 unspecified atom stereocenters. The summed E-state index contributed by atoms with van der Waals surface area (Å²) in [6.07, 6.45) is 7.44. The zero-order chi connectivity index (χ0) is 16.3. The molecule has 1 spiro atoms. The molecule has 0 saturated carbocycles. The van der Waals surface area contributed by atoms with Gasteiger partial charge in [0.15, 0.2) is 0 Å². The molecule has 1 atom stereocenters. The summed E-state index contributed by atoms with van der Waals surface area (Å²) in [6.45, 7) is 2.86. The van der Waals surface area contributed by atoms with Gasteiger partial charge in [0.1, 0.15) is 0 Å². The summed E-state index contributed by atoms with van der Waals surface area (Å²) in [5, 5.41) is 0. The summed E-state index contributed by atoms with van der Waals surface area (Å²) >= 11 is 0. The lowest BCUT2D eigenvalue weighted by Gasteiger charge is -2.47. The first kappa shape index (κ1) is 15.8. The lowest BCUT2D eigenvalue weighted by atomic mass is 9.73. The second-order valence-electron chi connectivity index (χ2n) is 6.64. The molecule has 1 N–H and O–H groups in total. The maximum Gasteiger partial charge on any atom is 0.409 e. The van der Waals surface area contributed by atoms with Gasteiger partial charge >= 0.3 is 6.09 Å². The Kier molecular flexibility index (Phi) is 4.54. The molecule has 2 saturated heterocycles. The minimum Gasteiger partial charge on any atom is -0.453 e. The van der Waals surface area contributed by atoms with E-state index in [-0.39, 0.29) is 17.4 Å². The number of rotatable bonds is 3. The van der Waals surface area contributed by atoms with Crippen LogP contribution < -0.4 is 0 Å². The Bertz CT molecular complexity index is 560. The van der Waals surface area contributed by atoms with E-state index in [4.69, 9.17) is 4.74 Å². The predicted molar refractivity (Wildman–Crippen MR) is 83.8 cm³/mol. The van der Waals surface area contributed by atoms with Crippen LogP contribution in [0.5, 0.6) is 0 Å². The summed E-state index contributed by atoms with van der Waals surface area (Å²) in [4.78, 5) is 34.9. The molecule has 126 valence electrons. The Hall–Kier alpha value is -2.05. The number of methoxy groups -OCH3 is 1. The molecule has 0 aromatic carbocycles. The molecular weight excluding hydrogens is 296 g/mol. The number of carbonyl (C=O) groups is 2. The number of hydrogen-bond acceptors (Lipinski definition) is 4. The van der Waals surface area contributed by atoms with Crippen LogP contribution in [0, 0.1) is 5.41 Å². The van der Waals surface area contributed by atoms with Crippen molar-refractivity contribution in [1.29, 1.82) is 0 Å². The van der Waals surface area contributed by atoms with Crippen LogP contribution in [0.3, 0.4) is 0 Å². The number of hydrogen-bond donors (Lipinski definition) is 1. The first-order valence-corrected chi connectivity index (χ1v) is 8.20. The zero-order valence-corrected chi connectivity index (χ0v) is 13.6. The molecule has 2 aliphatic heterocycles. The first-order valence-electron chi connectivity index (χ1n) is 8.20. The van der Waals surface area contributed by atoms with Crippen molar-refractivity contribution in [1.82, 2.24) is 19.8 Å². The van der Waals surface area contributed by atoms with Crippen molar-refractivity contribution in [2.45, 2.75) is 32.1 Å². The van der Waals surface area contributed by atoms with Crippen molar-refractivity contribution in [2.75, 3.05) is 33.3 Å². The van der Waals surface area contributed by atoms with Gasteiger partial charge in [0, 0.05) is 56.3 Å². The van der Waals surface area contributed by atoms with Gasteiger partial charge in [0.2, 0.25) is 5.91 Å². The molecule has 7 nitrogen and oxygen atoms in total. The van der Waals surface area contributed by atoms with Crippen molar-refractivity contribution < 1.29 is 14.3 Å². The fourth-order valence-electron chi connectivity index (χ4n) is 3.81. The molecule has 0 aliphatic carbocycles. The fourth-order valence-corrected chi connectivity index (χ4v) is 3.81.